The van der Waals surface area contributed by atoms with Gasteiger partial charge in [0.15, 0.2) is 11.5 Å². The Morgan fingerprint density at radius 2 is 1.87 bits per heavy atom. The van der Waals surface area contributed by atoms with Crippen LogP contribution < -0.4 is 0 Å². The maximum absolute atomic E-state index is 9.31. The fourth-order valence-electron chi connectivity index (χ4n) is 1.38. The Morgan fingerprint density at radius 1 is 1.13 bits per heavy atom. The number of hydrogen-bond acceptors (Lipinski definition) is 4. The molecule has 15 heavy (non-hydrogen) atoms. The van der Waals surface area contributed by atoms with E-state index in [2.05, 4.69) is 4.98 Å². The van der Waals surface area contributed by atoms with Gasteiger partial charge in [-0.25, -0.2) is 0 Å². The van der Waals surface area contributed by atoms with Crippen molar-refractivity contribution >= 4 is 0 Å². The fourth-order valence-corrected chi connectivity index (χ4v) is 1.38. The molecule has 0 spiro atoms. The standard InChI is InChI=1S/C10H10N2O3/c1-12-5-9(15)11-10(12)6-2-3-7(13)8(14)4-6/h2-5,13-15H,1H3. The Kier molecular flexibility index (Phi) is 2.00. The molecule has 5 heteroatoms. The van der Waals surface area contributed by atoms with E-state index in [-0.39, 0.29) is 17.4 Å². The van der Waals surface area contributed by atoms with Gasteiger partial charge in [-0.2, -0.15) is 4.98 Å². The number of aromatic nitrogens is 2. The van der Waals surface area contributed by atoms with Crippen LogP contribution in [0.25, 0.3) is 11.4 Å². The molecule has 1 aromatic carbocycles. The van der Waals surface area contributed by atoms with Crippen LogP contribution in [0, 0.1) is 0 Å². The third-order valence-corrected chi connectivity index (χ3v) is 2.10. The van der Waals surface area contributed by atoms with Crippen molar-refractivity contribution < 1.29 is 15.3 Å². The molecule has 1 aromatic heterocycles. The van der Waals surface area contributed by atoms with E-state index in [9.17, 15) is 10.2 Å². The van der Waals surface area contributed by atoms with E-state index in [1.807, 2.05) is 0 Å². The molecule has 0 unspecified atom stereocenters. The molecular formula is C10H10N2O3. The first-order valence-corrected chi connectivity index (χ1v) is 4.32. The number of nitrogens with zero attached hydrogens (tertiary/aromatic N) is 2. The molecule has 2 aromatic rings. The van der Waals surface area contributed by atoms with E-state index in [0.717, 1.165) is 0 Å². The van der Waals surface area contributed by atoms with Crippen LogP contribution in [-0.4, -0.2) is 24.9 Å². The molecule has 0 radical (unpaired) electrons. The lowest BCUT2D eigenvalue weighted by atomic mass is 10.2. The summed E-state index contributed by atoms with van der Waals surface area (Å²) in [6.07, 6.45) is 1.46. The van der Waals surface area contributed by atoms with E-state index in [1.165, 1.54) is 18.3 Å². The van der Waals surface area contributed by atoms with Gasteiger partial charge < -0.3 is 19.9 Å². The highest BCUT2D eigenvalue weighted by atomic mass is 16.3. The monoisotopic (exact) mass is 206 g/mol. The molecule has 0 bridgehead atoms. The average molecular weight is 206 g/mol. The zero-order valence-electron chi connectivity index (χ0n) is 8.05. The summed E-state index contributed by atoms with van der Waals surface area (Å²) in [6.45, 7) is 0. The van der Waals surface area contributed by atoms with Crippen LogP contribution >= 0.6 is 0 Å². The number of rotatable bonds is 1. The number of aryl methyl sites for hydroxylation is 1. The van der Waals surface area contributed by atoms with Crippen LogP contribution in [0.4, 0.5) is 0 Å². The molecule has 0 saturated heterocycles. The second-order valence-electron chi connectivity index (χ2n) is 3.24. The number of phenolic OH excluding ortho intramolecular Hbond substituents is 2. The lowest BCUT2D eigenvalue weighted by molar-refractivity contribution is 0.404. The molecule has 78 valence electrons. The smallest absolute Gasteiger partial charge is 0.229 e. The first-order chi connectivity index (χ1) is 7.08. The van der Waals surface area contributed by atoms with E-state index >= 15 is 0 Å². The summed E-state index contributed by atoms with van der Waals surface area (Å²) in [6, 6.07) is 4.37. The minimum atomic E-state index is -0.213. The molecule has 3 N–H and O–H groups in total. The maximum Gasteiger partial charge on any atom is 0.229 e. The Morgan fingerprint density at radius 3 is 2.40 bits per heavy atom. The molecule has 0 aliphatic heterocycles. The summed E-state index contributed by atoms with van der Waals surface area (Å²) in [5.74, 6) is 0.0371. The number of phenols is 2. The van der Waals surface area contributed by atoms with E-state index < -0.39 is 0 Å². The topological polar surface area (TPSA) is 78.5 Å². The summed E-state index contributed by atoms with van der Waals surface area (Å²) in [4.78, 5) is 3.88. The fraction of sp³-hybridized carbons (Fsp3) is 0.100. The molecule has 0 saturated carbocycles. The highest BCUT2D eigenvalue weighted by Crippen LogP contribution is 2.30. The molecule has 1 heterocycles. The van der Waals surface area contributed by atoms with Gasteiger partial charge in [0.2, 0.25) is 5.88 Å². The predicted octanol–water partition coefficient (Wildman–Crippen LogP) is 1.20. The van der Waals surface area contributed by atoms with E-state index in [1.54, 1.807) is 17.7 Å². The summed E-state index contributed by atoms with van der Waals surface area (Å²) in [7, 11) is 1.73. The van der Waals surface area contributed by atoms with Crippen LogP contribution in [0.2, 0.25) is 0 Å². The van der Waals surface area contributed by atoms with Crippen molar-refractivity contribution in [3.05, 3.63) is 24.4 Å². The second-order valence-corrected chi connectivity index (χ2v) is 3.24. The van der Waals surface area contributed by atoms with Crippen molar-refractivity contribution in [3.63, 3.8) is 0 Å². The zero-order chi connectivity index (χ0) is 11.0. The Balaban J connectivity index is 2.54. The highest BCUT2D eigenvalue weighted by molar-refractivity contribution is 5.61. The normalized spacial score (nSPS) is 10.5. The second kappa shape index (κ2) is 3.20. The highest BCUT2D eigenvalue weighted by Gasteiger charge is 2.09. The van der Waals surface area contributed by atoms with Gasteiger partial charge in [-0.1, -0.05) is 0 Å². The minimum Gasteiger partial charge on any atom is -0.504 e. The van der Waals surface area contributed by atoms with Gasteiger partial charge in [0.25, 0.3) is 0 Å². The van der Waals surface area contributed by atoms with Crippen molar-refractivity contribution in [2.75, 3.05) is 0 Å². The third-order valence-electron chi connectivity index (χ3n) is 2.10. The predicted molar refractivity (Wildman–Crippen MR) is 53.6 cm³/mol. The zero-order valence-corrected chi connectivity index (χ0v) is 8.05. The lowest BCUT2D eigenvalue weighted by Crippen LogP contribution is -1.90. The van der Waals surface area contributed by atoms with Crippen LogP contribution in [-0.2, 0) is 7.05 Å². The molecule has 0 amide bonds. The lowest BCUT2D eigenvalue weighted by Gasteiger charge is -2.02. The Bertz CT molecular complexity index is 505. The van der Waals surface area contributed by atoms with Gasteiger partial charge in [-0.05, 0) is 18.2 Å². The van der Waals surface area contributed by atoms with Crippen LogP contribution in [0.15, 0.2) is 24.4 Å². The summed E-state index contributed by atoms with van der Waals surface area (Å²) >= 11 is 0. The van der Waals surface area contributed by atoms with E-state index in [0.29, 0.717) is 11.4 Å². The van der Waals surface area contributed by atoms with Crippen molar-refractivity contribution in [1.82, 2.24) is 9.55 Å². The summed E-state index contributed by atoms with van der Waals surface area (Å²) < 4.78 is 1.63. The first kappa shape index (κ1) is 9.39. The molecular weight excluding hydrogens is 196 g/mol. The minimum absolute atomic E-state index is 0.0833. The summed E-state index contributed by atoms with van der Waals surface area (Å²) in [5, 5.41) is 27.6. The van der Waals surface area contributed by atoms with Crippen molar-refractivity contribution in [2.45, 2.75) is 0 Å². The van der Waals surface area contributed by atoms with Gasteiger partial charge >= 0.3 is 0 Å². The van der Waals surface area contributed by atoms with Crippen LogP contribution in [0.5, 0.6) is 17.4 Å². The molecule has 0 aliphatic rings. The van der Waals surface area contributed by atoms with E-state index in [4.69, 9.17) is 5.11 Å². The third kappa shape index (κ3) is 1.59. The van der Waals surface area contributed by atoms with Crippen LogP contribution in [0.1, 0.15) is 0 Å². The number of hydrogen-bond donors (Lipinski definition) is 3. The van der Waals surface area contributed by atoms with Gasteiger partial charge in [0.05, 0.1) is 6.20 Å². The molecule has 0 atom stereocenters. The van der Waals surface area contributed by atoms with Gasteiger partial charge in [0.1, 0.15) is 5.82 Å². The molecule has 0 aliphatic carbocycles. The largest absolute Gasteiger partial charge is 0.504 e. The Hall–Kier alpha value is -2.17. The van der Waals surface area contributed by atoms with Crippen molar-refractivity contribution in [1.29, 1.82) is 0 Å². The first-order valence-electron chi connectivity index (χ1n) is 4.32. The maximum atomic E-state index is 9.31. The van der Waals surface area contributed by atoms with Crippen LogP contribution in [0.3, 0.4) is 0 Å². The van der Waals surface area contributed by atoms with Gasteiger partial charge in [-0.15, -0.1) is 0 Å². The molecule has 0 fully saturated rings. The molecule has 2 rings (SSSR count). The average Bonchev–Trinajstić information content (AvgIpc) is 2.50. The Labute approximate surface area is 85.9 Å². The van der Waals surface area contributed by atoms with Gasteiger partial charge in [-0.3, -0.25) is 0 Å². The van der Waals surface area contributed by atoms with Crippen molar-refractivity contribution in [2.24, 2.45) is 7.05 Å². The van der Waals surface area contributed by atoms with Gasteiger partial charge in [0, 0.05) is 12.6 Å². The number of imidazole rings is 1. The summed E-state index contributed by atoms with van der Waals surface area (Å²) in [5.41, 5.74) is 0.619. The quantitative estimate of drug-likeness (QED) is 0.612. The number of aromatic hydroxyl groups is 3. The molecule has 5 nitrogen and oxygen atoms in total. The number of benzene rings is 1. The van der Waals surface area contributed by atoms with Crippen molar-refractivity contribution in [3.8, 4) is 28.8 Å². The SMILES string of the molecule is Cn1cc(O)nc1-c1ccc(O)c(O)c1.